The number of benzene rings is 2. The number of aromatic amines is 1. The molecule has 3 fully saturated rings. The van der Waals surface area contributed by atoms with E-state index < -0.39 is 17.8 Å². The summed E-state index contributed by atoms with van der Waals surface area (Å²) >= 11 is 0. The van der Waals surface area contributed by atoms with Gasteiger partial charge in [-0.3, -0.25) is 4.79 Å². The number of H-pyrrole nitrogens is 1. The van der Waals surface area contributed by atoms with Gasteiger partial charge in [-0.2, -0.15) is 28.6 Å². The van der Waals surface area contributed by atoms with Gasteiger partial charge in [-0.15, -0.1) is 0 Å². The minimum absolute atomic E-state index is 0.0530. The molecule has 1 aliphatic carbocycles. The number of hydrogen-bond donors (Lipinski definition) is 1. The van der Waals surface area contributed by atoms with Crippen molar-refractivity contribution in [1.82, 2.24) is 25.2 Å². The van der Waals surface area contributed by atoms with Crippen LogP contribution in [0.3, 0.4) is 0 Å². The van der Waals surface area contributed by atoms with E-state index in [1.165, 1.54) is 12.1 Å². The van der Waals surface area contributed by atoms with Gasteiger partial charge in [0.25, 0.3) is 5.91 Å². The molecule has 1 saturated carbocycles. The molecular weight excluding hydrogens is 487 g/mol. The minimum atomic E-state index is -4.40. The smallest absolute Gasteiger partial charge is 0.416 e. The summed E-state index contributed by atoms with van der Waals surface area (Å²) in [5.41, 5.74) is 2.46. The highest BCUT2D eigenvalue weighted by atomic mass is 19.4. The number of halogens is 3. The van der Waals surface area contributed by atoms with Gasteiger partial charge in [-0.1, -0.05) is 6.07 Å². The summed E-state index contributed by atoms with van der Waals surface area (Å²) in [5, 5.41) is 10.6. The first-order chi connectivity index (χ1) is 17.8. The number of piperidine rings is 1. The van der Waals surface area contributed by atoms with Crippen molar-refractivity contribution in [2.45, 2.75) is 38.0 Å². The Bertz CT molecular complexity index is 1350. The van der Waals surface area contributed by atoms with E-state index in [9.17, 15) is 22.8 Å². The average Bonchev–Trinajstić information content (AvgIpc) is 3.47. The molecule has 3 aliphatic rings. The second-order valence-electron chi connectivity index (χ2n) is 10.2. The van der Waals surface area contributed by atoms with Gasteiger partial charge < -0.3 is 14.5 Å². The third-order valence-electron chi connectivity index (χ3n) is 7.75. The van der Waals surface area contributed by atoms with Crippen molar-refractivity contribution >= 4 is 23.0 Å². The van der Waals surface area contributed by atoms with E-state index in [4.69, 9.17) is 4.74 Å². The second kappa shape index (κ2) is 9.04. The summed E-state index contributed by atoms with van der Waals surface area (Å²) in [6.45, 7) is 2.14. The van der Waals surface area contributed by atoms with E-state index in [2.05, 4.69) is 15.4 Å². The van der Waals surface area contributed by atoms with Crippen LogP contribution in [0.5, 0.6) is 0 Å². The van der Waals surface area contributed by atoms with Gasteiger partial charge in [0.2, 0.25) is 0 Å². The maximum absolute atomic E-state index is 13.1. The number of alkyl halides is 3. The summed E-state index contributed by atoms with van der Waals surface area (Å²) in [7, 11) is 0. The Hall–Kier alpha value is -3.63. The molecule has 37 heavy (non-hydrogen) atoms. The van der Waals surface area contributed by atoms with E-state index in [-0.39, 0.29) is 24.3 Å². The van der Waals surface area contributed by atoms with E-state index in [1.807, 2.05) is 4.90 Å². The van der Waals surface area contributed by atoms with Crippen LogP contribution in [0.1, 0.15) is 52.2 Å². The standard InChI is InChI=1S/C26H26F3N5O3/c27-26(28,29)20-5-3-18(21(10-20)15-1-2-15)14-37-25(36)33-8-7-17-11-34(13-19(17)12-33)24(35)16-4-6-22-23(9-16)31-32-30-22/h3-6,9-10,15,17,19H,1-2,7-8,11-14H2,(H,30,31,32)/t17-,19-/m0/s1. The van der Waals surface area contributed by atoms with Crippen molar-refractivity contribution in [1.29, 1.82) is 0 Å². The number of nitrogens with one attached hydrogen (secondary N) is 1. The molecule has 2 aliphatic heterocycles. The number of amides is 2. The fourth-order valence-corrected chi connectivity index (χ4v) is 5.56. The van der Waals surface area contributed by atoms with Gasteiger partial charge in [0.1, 0.15) is 17.6 Å². The zero-order valence-electron chi connectivity index (χ0n) is 20.0. The highest BCUT2D eigenvalue weighted by Crippen LogP contribution is 2.44. The summed E-state index contributed by atoms with van der Waals surface area (Å²) in [4.78, 5) is 29.4. The largest absolute Gasteiger partial charge is 0.445 e. The molecule has 1 N–H and O–H groups in total. The van der Waals surface area contributed by atoms with Crippen LogP contribution >= 0.6 is 0 Å². The van der Waals surface area contributed by atoms with E-state index in [1.54, 1.807) is 23.1 Å². The van der Waals surface area contributed by atoms with Crippen molar-refractivity contribution < 1.29 is 27.5 Å². The van der Waals surface area contributed by atoms with Gasteiger partial charge in [-0.05, 0) is 78.5 Å². The molecule has 3 heterocycles. The lowest BCUT2D eigenvalue weighted by atomic mass is 9.89. The Labute approximate surface area is 210 Å². The van der Waals surface area contributed by atoms with Gasteiger partial charge >= 0.3 is 12.3 Å². The molecule has 2 saturated heterocycles. The van der Waals surface area contributed by atoms with Crippen LogP contribution in [0, 0.1) is 11.8 Å². The first kappa shape index (κ1) is 23.7. The molecule has 2 atom stereocenters. The van der Waals surface area contributed by atoms with Crippen molar-refractivity contribution in [2.75, 3.05) is 26.2 Å². The summed E-state index contributed by atoms with van der Waals surface area (Å²) in [5.74, 6) is 0.483. The van der Waals surface area contributed by atoms with Crippen LogP contribution in [-0.4, -0.2) is 63.4 Å². The van der Waals surface area contributed by atoms with Crippen molar-refractivity contribution in [3.63, 3.8) is 0 Å². The third-order valence-corrected chi connectivity index (χ3v) is 7.75. The third kappa shape index (κ3) is 4.74. The predicted octanol–water partition coefficient (Wildman–Crippen LogP) is 4.58. The molecule has 3 aromatic rings. The highest BCUT2D eigenvalue weighted by molar-refractivity contribution is 5.97. The van der Waals surface area contributed by atoms with Gasteiger partial charge in [0, 0.05) is 31.7 Å². The SMILES string of the molecule is O=C(OCc1ccc(C(F)(F)F)cc1C1CC1)N1CC[C@H]2CN(C(=O)c3ccc4n[nH]nc4c3)C[C@@H]2C1. The Morgan fingerprint density at radius 1 is 0.946 bits per heavy atom. The Morgan fingerprint density at radius 3 is 2.49 bits per heavy atom. The maximum atomic E-state index is 13.1. The number of carbonyl (C=O) groups is 2. The fourth-order valence-electron chi connectivity index (χ4n) is 5.56. The molecule has 0 unspecified atom stereocenters. The van der Waals surface area contributed by atoms with Crippen LogP contribution < -0.4 is 0 Å². The lowest BCUT2D eigenvalue weighted by Crippen LogP contribution is -2.43. The molecule has 194 valence electrons. The number of fused-ring (bicyclic) bond motifs is 2. The first-order valence-corrected chi connectivity index (χ1v) is 12.5. The summed E-state index contributed by atoms with van der Waals surface area (Å²) in [6, 6.07) is 8.90. The van der Waals surface area contributed by atoms with Crippen LogP contribution in [0.2, 0.25) is 0 Å². The molecule has 1 aromatic heterocycles. The zero-order chi connectivity index (χ0) is 25.7. The van der Waals surface area contributed by atoms with Crippen molar-refractivity contribution in [2.24, 2.45) is 11.8 Å². The number of ether oxygens (including phenoxy) is 1. The molecule has 0 spiro atoms. The Balaban J connectivity index is 1.07. The number of nitrogens with zero attached hydrogens (tertiary/aromatic N) is 4. The van der Waals surface area contributed by atoms with Crippen LogP contribution in [0.25, 0.3) is 11.0 Å². The van der Waals surface area contributed by atoms with Gasteiger partial charge in [0.15, 0.2) is 0 Å². The minimum Gasteiger partial charge on any atom is -0.445 e. The maximum Gasteiger partial charge on any atom is 0.416 e. The lowest BCUT2D eigenvalue weighted by Gasteiger charge is -2.33. The van der Waals surface area contributed by atoms with E-state index in [0.717, 1.165) is 25.3 Å². The number of aromatic nitrogens is 3. The molecule has 8 nitrogen and oxygen atoms in total. The highest BCUT2D eigenvalue weighted by Gasteiger charge is 2.41. The molecule has 0 bridgehead atoms. The number of hydrogen-bond acceptors (Lipinski definition) is 5. The Kier molecular flexibility index (Phi) is 5.80. The summed E-state index contributed by atoms with van der Waals surface area (Å²) < 4.78 is 45.0. The van der Waals surface area contributed by atoms with E-state index in [0.29, 0.717) is 59.8 Å². The van der Waals surface area contributed by atoms with Crippen molar-refractivity contribution in [3.8, 4) is 0 Å². The first-order valence-electron chi connectivity index (χ1n) is 12.5. The second-order valence-corrected chi connectivity index (χ2v) is 10.2. The fraction of sp³-hybridized carbons (Fsp3) is 0.462. The normalized spacial score (nSPS) is 21.8. The number of carbonyl (C=O) groups excluding carboxylic acids is 2. The van der Waals surface area contributed by atoms with Crippen LogP contribution in [0.15, 0.2) is 36.4 Å². The molecule has 6 rings (SSSR count). The molecule has 0 radical (unpaired) electrons. The predicted molar refractivity (Wildman–Crippen MR) is 127 cm³/mol. The lowest BCUT2D eigenvalue weighted by molar-refractivity contribution is -0.137. The Morgan fingerprint density at radius 2 is 1.70 bits per heavy atom. The molecule has 11 heteroatoms. The van der Waals surface area contributed by atoms with Gasteiger partial charge in [0.05, 0.1) is 5.56 Å². The molecule has 2 aromatic carbocycles. The van der Waals surface area contributed by atoms with Crippen molar-refractivity contribution in [3.05, 3.63) is 58.7 Å². The summed E-state index contributed by atoms with van der Waals surface area (Å²) in [6.07, 6.45) is -2.42. The molecule has 2 amide bonds. The zero-order valence-corrected chi connectivity index (χ0v) is 20.0. The van der Waals surface area contributed by atoms with Crippen LogP contribution in [0.4, 0.5) is 18.0 Å². The number of rotatable bonds is 4. The quantitative estimate of drug-likeness (QED) is 0.551. The topological polar surface area (TPSA) is 91.4 Å². The van der Waals surface area contributed by atoms with Gasteiger partial charge in [-0.25, -0.2) is 4.79 Å². The number of likely N-dealkylation sites (tertiary alicyclic amines) is 2. The molecular formula is C26H26F3N5O3. The van der Waals surface area contributed by atoms with Crippen LogP contribution in [-0.2, 0) is 17.5 Å². The average molecular weight is 514 g/mol. The monoisotopic (exact) mass is 513 g/mol. The van der Waals surface area contributed by atoms with E-state index >= 15 is 0 Å².